The van der Waals surface area contributed by atoms with Gasteiger partial charge in [0.05, 0.1) is 5.56 Å². The van der Waals surface area contributed by atoms with Crippen molar-refractivity contribution in [2.75, 3.05) is 13.3 Å². The summed E-state index contributed by atoms with van der Waals surface area (Å²) in [5, 5.41) is 0. The summed E-state index contributed by atoms with van der Waals surface area (Å²) < 4.78 is 24.8. The number of ether oxygens (including phenoxy) is 2. The number of Topliss-reactive ketones (excluding diaryl/α,β-unsaturated/α-hetero) is 1. The van der Waals surface area contributed by atoms with Gasteiger partial charge >= 0.3 is 0 Å². The zero-order valence-electron chi connectivity index (χ0n) is 15.8. The van der Waals surface area contributed by atoms with Gasteiger partial charge in [-0.2, -0.15) is 0 Å². The van der Waals surface area contributed by atoms with Gasteiger partial charge in [0.1, 0.15) is 24.0 Å². The van der Waals surface area contributed by atoms with E-state index in [1.165, 1.54) is 12.1 Å². The quantitative estimate of drug-likeness (QED) is 0.754. The average Bonchev–Trinajstić information content (AvgIpc) is 2.98. The summed E-state index contributed by atoms with van der Waals surface area (Å²) in [5.74, 6) is 1.58. The van der Waals surface area contributed by atoms with Crippen LogP contribution in [0.1, 0.15) is 40.9 Å². The van der Waals surface area contributed by atoms with Crippen LogP contribution in [0, 0.1) is 12.7 Å². The lowest BCUT2D eigenvalue weighted by atomic mass is 9.99. The van der Waals surface area contributed by atoms with Gasteiger partial charge in [-0.15, -0.1) is 0 Å². The van der Waals surface area contributed by atoms with E-state index in [2.05, 4.69) is 4.90 Å². The lowest BCUT2D eigenvalue weighted by Crippen LogP contribution is -2.34. The Morgan fingerprint density at radius 1 is 1.19 bits per heavy atom. The molecule has 2 aromatic carbocycles. The highest BCUT2D eigenvalue weighted by molar-refractivity contribution is 6.13. The molecular formula is C22H22FNO3. The molecule has 0 unspecified atom stereocenters. The van der Waals surface area contributed by atoms with Crippen LogP contribution in [0.5, 0.6) is 11.5 Å². The van der Waals surface area contributed by atoms with Crippen molar-refractivity contribution in [2.24, 2.45) is 0 Å². The number of ketones is 1. The van der Waals surface area contributed by atoms with E-state index < -0.39 is 0 Å². The molecule has 0 aromatic heterocycles. The number of allylic oxidation sites excluding steroid dienone is 2. The summed E-state index contributed by atoms with van der Waals surface area (Å²) in [6.07, 6.45) is 0.812. The Labute approximate surface area is 158 Å². The number of benzene rings is 2. The molecular weight excluding hydrogens is 345 g/mol. The first-order chi connectivity index (χ1) is 12.9. The third-order valence-electron chi connectivity index (χ3n) is 5.06. The van der Waals surface area contributed by atoms with Crippen molar-refractivity contribution in [2.45, 2.75) is 33.7 Å². The van der Waals surface area contributed by atoms with E-state index in [0.29, 0.717) is 30.3 Å². The fourth-order valence-electron chi connectivity index (χ4n) is 3.59. The molecule has 0 bridgehead atoms. The summed E-state index contributed by atoms with van der Waals surface area (Å²) in [6, 6.07) is 8.48. The van der Waals surface area contributed by atoms with Gasteiger partial charge in [-0.25, -0.2) is 4.39 Å². The van der Waals surface area contributed by atoms with Crippen molar-refractivity contribution >= 4 is 5.78 Å². The fourth-order valence-corrected chi connectivity index (χ4v) is 3.59. The largest absolute Gasteiger partial charge is 0.477 e. The standard InChI is InChI=1S/C22H22FNO3/c1-13(2)20-19(25)18-10-16-11-24(9-8-15-4-6-17(23)7-5-15)12-26-21(16)14(3)22(18)27-20/h4-7,10H,8-9,11-12H2,1-3H3. The number of hydrogen-bond donors (Lipinski definition) is 0. The van der Waals surface area contributed by atoms with Crippen LogP contribution >= 0.6 is 0 Å². The van der Waals surface area contributed by atoms with Crippen molar-refractivity contribution in [3.8, 4) is 11.5 Å². The van der Waals surface area contributed by atoms with Crippen molar-refractivity contribution in [3.05, 3.63) is 69.7 Å². The molecule has 4 nitrogen and oxygen atoms in total. The summed E-state index contributed by atoms with van der Waals surface area (Å²) >= 11 is 0. The minimum absolute atomic E-state index is 0.0562. The van der Waals surface area contributed by atoms with Crippen molar-refractivity contribution in [1.29, 1.82) is 0 Å². The predicted molar refractivity (Wildman–Crippen MR) is 101 cm³/mol. The normalized spacial score (nSPS) is 15.9. The van der Waals surface area contributed by atoms with Crippen LogP contribution in [0.15, 0.2) is 41.7 Å². The number of hydrogen-bond acceptors (Lipinski definition) is 4. The number of rotatable bonds is 3. The molecule has 0 saturated carbocycles. The Balaban J connectivity index is 1.54. The first kappa shape index (κ1) is 17.7. The van der Waals surface area contributed by atoms with Gasteiger partial charge < -0.3 is 9.47 Å². The van der Waals surface area contributed by atoms with E-state index in [1.807, 2.05) is 39.0 Å². The van der Waals surface area contributed by atoms with Crippen LogP contribution in [0.4, 0.5) is 4.39 Å². The molecule has 2 aliphatic heterocycles. The number of nitrogens with zero attached hydrogens (tertiary/aromatic N) is 1. The Kier molecular flexibility index (Phi) is 4.48. The molecule has 0 spiro atoms. The van der Waals surface area contributed by atoms with Gasteiger partial charge in [-0.1, -0.05) is 12.1 Å². The van der Waals surface area contributed by atoms with Gasteiger partial charge in [0.25, 0.3) is 0 Å². The number of carbonyl (C=O) groups excluding carboxylic acids is 1. The predicted octanol–water partition coefficient (Wildman–Crippen LogP) is 4.40. The minimum atomic E-state index is -0.221. The van der Waals surface area contributed by atoms with Crippen LogP contribution in [0.25, 0.3) is 0 Å². The van der Waals surface area contributed by atoms with Crippen LogP contribution in [-0.4, -0.2) is 24.0 Å². The number of halogens is 1. The molecule has 2 aliphatic rings. The van der Waals surface area contributed by atoms with Crippen LogP contribution in [0.3, 0.4) is 0 Å². The maximum absolute atomic E-state index is 13.0. The maximum atomic E-state index is 13.0. The Hall–Kier alpha value is -2.66. The molecule has 2 aromatic rings. The number of fused-ring (bicyclic) bond motifs is 2. The summed E-state index contributed by atoms with van der Waals surface area (Å²) in [6.45, 7) is 7.68. The Morgan fingerprint density at radius 3 is 2.63 bits per heavy atom. The topological polar surface area (TPSA) is 38.8 Å². The fraction of sp³-hybridized carbons (Fsp3) is 0.318. The van der Waals surface area contributed by atoms with E-state index in [-0.39, 0.29) is 11.6 Å². The summed E-state index contributed by atoms with van der Waals surface area (Å²) in [4.78, 5) is 14.8. The molecule has 4 rings (SSSR count). The first-order valence-corrected chi connectivity index (χ1v) is 9.10. The van der Waals surface area contributed by atoms with E-state index in [4.69, 9.17) is 9.47 Å². The van der Waals surface area contributed by atoms with Gasteiger partial charge in [-0.3, -0.25) is 9.69 Å². The molecule has 0 amide bonds. The van der Waals surface area contributed by atoms with E-state index in [1.54, 1.807) is 0 Å². The molecule has 0 atom stereocenters. The van der Waals surface area contributed by atoms with Gasteiger partial charge in [0.2, 0.25) is 5.78 Å². The summed E-state index contributed by atoms with van der Waals surface area (Å²) in [7, 11) is 0. The molecule has 2 heterocycles. The second-order valence-electron chi connectivity index (χ2n) is 7.33. The molecule has 0 saturated heterocycles. The van der Waals surface area contributed by atoms with Crippen molar-refractivity contribution < 1.29 is 18.7 Å². The monoisotopic (exact) mass is 367 g/mol. The third kappa shape index (κ3) is 3.23. The lowest BCUT2D eigenvalue weighted by molar-refractivity contribution is 0.0954. The first-order valence-electron chi connectivity index (χ1n) is 9.10. The molecule has 0 radical (unpaired) electrons. The smallest absolute Gasteiger partial charge is 0.231 e. The van der Waals surface area contributed by atoms with Gasteiger partial charge in [0.15, 0.2) is 5.76 Å². The van der Waals surface area contributed by atoms with E-state index >= 15 is 0 Å². The highest BCUT2D eigenvalue weighted by Gasteiger charge is 2.34. The van der Waals surface area contributed by atoms with Crippen LogP contribution in [0.2, 0.25) is 0 Å². The minimum Gasteiger partial charge on any atom is -0.477 e. The molecule has 27 heavy (non-hydrogen) atoms. The Morgan fingerprint density at radius 2 is 1.93 bits per heavy atom. The third-order valence-corrected chi connectivity index (χ3v) is 5.06. The van der Waals surface area contributed by atoms with Crippen molar-refractivity contribution in [1.82, 2.24) is 4.90 Å². The lowest BCUT2D eigenvalue weighted by Gasteiger charge is -2.30. The van der Waals surface area contributed by atoms with Crippen LogP contribution < -0.4 is 9.47 Å². The molecule has 140 valence electrons. The van der Waals surface area contributed by atoms with E-state index in [0.717, 1.165) is 41.0 Å². The Bertz CT molecular complexity index is 943. The molecule has 0 fully saturated rings. The zero-order chi connectivity index (χ0) is 19.1. The van der Waals surface area contributed by atoms with Crippen molar-refractivity contribution in [3.63, 3.8) is 0 Å². The highest BCUT2D eigenvalue weighted by Crippen LogP contribution is 2.43. The second-order valence-corrected chi connectivity index (χ2v) is 7.33. The van der Waals surface area contributed by atoms with E-state index in [9.17, 15) is 9.18 Å². The maximum Gasteiger partial charge on any atom is 0.231 e. The SMILES string of the molecule is CC(C)=C1Oc2c(cc3c(c2C)OCN(CCc2ccc(F)cc2)C3)C1=O. The van der Waals surface area contributed by atoms with Crippen LogP contribution in [-0.2, 0) is 13.0 Å². The highest BCUT2D eigenvalue weighted by atomic mass is 19.1. The average molecular weight is 367 g/mol. The van der Waals surface area contributed by atoms with Gasteiger partial charge in [-0.05, 0) is 56.5 Å². The summed E-state index contributed by atoms with van der Waals surface area (Å²) in [5.41, 5.74) is 4.46. The number of carbonyl (C=O) groups is 1. The van der Waals surface area contributed by atoms with Gasteiger partial charge in [0, 0.05) is 24.2 Å². The molecule has 0 aliphatic carbocycles. The zero-order valence-corrected chi connectivity index (χ0v) is 15.8. The second kappa shape index (κ2) is 6.82. The molecule has 0 N–H and O–H groups in total. The molecule has 5 heteroatoms.